The monoisotopic (exact) mass is 517 g/mol. The van der Waals surface area contributed by atoms with Gasteiger partial charge in [-0.1, -0.05) is 0 Å². The van der Waals surface area contributed by atoms with E-state index in [2.05, 4.69) is 27.7 Å². The van der Waals surface area contributed by atoms with Crippen molar-refractivity contribution in [3.8, 4) is 0 Å². The summed E-state index contributed by atoms with van der Waals surface area (Å²) >= 11 is -1.80. The molecule has 0 bridgehead atoms. The maximum absolute atomic E-state index is 2.35. The van der Waals surface area contributed by atoms with E-state index in [9.17, 15) is 0 Å². The molecule has 0 aromatic carbocycles. The predicted octanol–water partition coefficient (Wildman–Crippen LogP) is 11.3. The van der Waals surface area contributed by atoms with E-state index in [4.69, 9.17) is 0 Å². The van der Waals surface area contributed by atoms with E-state index in [1.54, 1.807) is 43.2 Å². The molecule has 0 atom stereocenters. The molecule has 1 heteroatoms. The predicted molar refractivity (Wildman–Crippen MR) is 140 cm³/mol. The van der Waals surface area contributed by atoms with Crippen molar-refractivity contribution in [2.75, 3.05) is 0 Å². The van der Waals surface area contributed by atoms with Gasteiger partial charge in [0.15, 0.2) is 0 Å². The van der Waals surface area contributed by atoms with Crippen molar-refractivity contribution in [2.45, 2.75) is 174 Å². The van der Waals surface area contributed by atoms with E-state index < -0.39 is 18.8 Å². The van der Waals surface area contributed by atoms with Gasteiger partial charge >= 0.3 is 192 Å². The first kappa shape index (κ1) is 29.8. The van der Waals surface area contributed by atoms with Crippen LogP contribution in [0, 0.1) is 0 Å². The second-order valence-electron chi connectivity index (χ2n) is 9.89. The van der Waals surface area contributed by atoms with Gasteiger partial charge in [0.1, 0.15) is 0 Å². The molecule has 0 saturated heterocycles. The summed E-state index contributed by atoms with van der Waals surface area (Å²) in [5, 5.41) is 0. The topological polar surface area (TPSA) is 0 Å². The van der Waals surface area contributed by atoms with Gasteiger partial charge in [-0.3, -0.25) is 0 Å². The molecule has 0 aromatic heterocycles. The summed E-state index contributed by atoms with van der Waals surface area (Å²) in [6.07, 6.45) is 29.9. The molecule has 0 rings (SSSR count). The third-order valence-electron chi connectivity index (χ3n) is 6.94. The fourth-order valence-corrected chi connectivity index (χ4v) is 18.9. The first-order chi connectivity index (χ1) is 14.2. The SMILES string of the molecule is CCCCCC[CH2][Sb]([CH2]CCCCCC)([CH2]CCCCCC)[CH2]CCCCCC. The number of hydrogen-bond acceptors (Lipinski definition) is 0. The van der Waals surface area contributed by atoms with Gasteiger partial charge in [-0.05, 0) is 0 Å². The van der Waals surface area contributed by atoms with Crippen LogP contribution in [-0.4, -0.2) is 18.8 Å². The normalized spacial score (nSPS) is 12.0. The van der Waals surface area contributed by atoms with Crippen LogP contribution in [0.5, 0.6) is 0 Å². The first-order valence-electron chi connectivity index (χ1n) is 14.1. The Morgan fingerprint density at radius 3 is 0.690 bits per heavy atom. The van der Waals surface area contributed by atoms with Crippen LogP contribution in [0.2, 0.25) is 17.5 Å². The van der Waals surface area contributed by atoms with Crippen molar-refractivity contribution >= 4 is 18.8 Å². The van der Waals surface area contributed by atoms with Gasteiger partial charge in [0.05, 0.1) is 0 Å². The van der Waals surface area contributed by atoms with Gasteiger partial charge in [0.25, 0.3) is 0 Å². The summed E-state index contributed by atoms with van der Waals surface area (Å²) in [6, 6.07) is 0. The molecule has 0 aromatic rings. The van der Waals surface area contributed by atoms with Crippen molar-refractivity contribution in [2.24, 2.45) is 0 Å². The van der Waals surface area contributed by atoms with Crippen LogP contribution < -0.4 is 0 Å². The van der Waals surface area contributed by atoms with Crippen molar-refractivity contribution in [3.63, 3.8) is 0 Å². The van der Waals surface area contributed by atoms with E-state index in [1.807, 2.05) is 0 Å². The van der Waals surface area contributed by atoms with Gasteiger partial charge in [-0.2, -0.15) is 0 Å². The molecular formula is C28H60Sb. The van der Waals surface area contributed by atoms with Crippen LogP contribution in [0.15, 0.2) is 0 Å². The molecule has 0 N–H and O–H groups in total. The molecule has 0 aliphatic rings. The van der Waals surface area contributed by atoms with Gasteiger partial charge in [0, 0.05) is 0 Å². The van der Waals surface area contributed by atoms with Gasteiger partial charge in [-0.25, -0.2) is 0 Å². The average Bonchev–Trinajstić information content (AvgIpc) is 2.73. The first-order valence-corrected chi connectivity index (χ1v) is 21.3. The Balaban J connectivity index is 4.69. The molecule has 29 heavy (non-hydrogen) atoms. The average molecular weight is 519 g/mol. The third-order valence-corrected chi connectivity index (χ3v) is 21.4. The zero-order valence-corrected chi connectivity index (χ0v) is 24.0. The summed E-state index contributed by atoms with van der Waals surface area (Å²) in [7, 11) is 0. The van der Waals surface area contributed by atoms with Gasteiger partial charge < -0.3 is 0 Å². The zero-order valence-electron chi connectivity index (χ0n) is 21.4. The van der Waals surface area contributed by atoms with Crippen LogP contribution in [-0.2, 0) is 0 Å². The van der Waals surface area contributed by atoms with Crippen LogP contribution in [0.4, 0.5) is 0 Å². The summed E-state index contributed by atoms with van der Waals surface area (Å²) < 4.78 is 6.94. The van der Waals surface area contributed by atoms with E-state index in [-0.39, 0.29) is 0 Å². The second kappa shape index (κ2) is 23.5. The minimum atomic E-state index is -1.80. The van der Waals surface area contributed by atoms with Crippen molar-refractivity contribution < 1.29 is 0 Å². The maximum atomic E-state index is 2.35. The summed E-state index contributed by atoms with van der Waals surface area (Å²) in [4.78, 5) is 0. The standard InChI is InChI=1S/4C7H15.Sb/c4*1-3-5-7-6-4-2;/h4*1,3-7H2,2H3;. The molecule has 0 aliphatic carbocycles. The second-order valence-corrected chi connectivity index (χ2v) is 22.7. The molecule has 0 saturated carbocycles. The van der Waals surface area contributed by atoms with Crippen molar-refractivity contribution in [3.05, 3.63) is 0 Å². The van der Waals surface area contributed by atoms with Crippen LogP contribution in [0.3, 0.4) is 0 Å². The summed E-state index contributed by atoms with van der Waals surface area (Å²) in [5.41, 5.74) is 0. The molecule has 0 aliphatic heterocycles. The molecule has 0 unspecified atom stereocenters. The Labute approximate surface area is 191 Å². The molecule has 0 fully saturated rings. The molecular weight excluding hydrogens is 458 g/mol. The fraction of sp³-hybridized carbons (Fsp3) is 1.00. The quantitative estimate of drug-likeness (QED) is 0.0880. The molecule has 177 valence electrons. The fourth-order valence-electron chi connectivity index (χ4n) is 4.87. The van der Waals surface area contributed by atoms with E-state index >= 15 is 0 Å². The van der Waals surface area contributed by atoms with Crippen LogP contribution >= 0.6 is 0 Å². The Kier molecular flexibility index (Phi) is 24.1. The Bertz CT molecular complexity index is 237. The zero-order chi connectivity index (χ0) is 21.5. The van der Waals surface area contributed by atoms with Crippen LogP contribution in [0.1, 0.15) is 156 Å². The summed E-state index contributed by atoms with van der Waals surface area (Å²) in [5.74, 6) is 0. The molecule has 0 heterocycles. The molecule has 0 amide bonds. The molecule has 1 radical (unpaired) electrons. The number of rotatable bonds is 24. The van der Waals surface area contributed by atoms with E-state index in [1.165, 1.54) is 103 Å². The molecule has 0 nitrogen and oxygen atoms in total. The van der Waals surface area contributed by atoms with E-state index in [0.29, 0.717) is 0 Å². The van der Waals surface area contributed by atoms with Crippen LogP contribution in [0.25, 0.3) is 0 Å². The van der Waals surface area contributed by atoms with Gasteiger partial charge in [-0.15, -0.1) is 0 Å². The third kappa shape index (κ3) is 19.2. The Morgan fingerprint density at radius 1 is 0.276 bits per heavy atom. The van der Waals surface area contributed by atoms with Crippen molar-refractivity contribution in [1.29, 1.82) is 0 Å². The van der Waals surface area contributed by atoms with Crippen molar-refractivity contribution in [1.82, 2.24) is 0 Å². The number of unbranched alkanes of at least 4 members (excludes halogenated alkanes) is 16. The summed E-state index contributed by atoms with van der Waals surface area (Å²) in [6.45, 7) is 9.41. The number of hydrogen-bond donors (Lipinski definition) is 0. The molecule has 0 spiro atoms. The Morgan fingerprint density at radius 2 is 0.483 bits per heavy atom. The minimum absolute atomic E-state index is 1.39. The van der Waals surface area contributed by atoms with E-state index in [0.717, 1.165) is 0 Å². The van der Waals surface area contributed by atoms with Gasteiger partial charge in [0.2, 0.25) is 0 Å². The Hall–Kier alpha value is 0.818.